The molecule has 22 heavy (non-hydrogen) atoms. The van der Waals surface area contributed by atoms with Gasteiger partial charge in [-0.25, -0.2) is 18.7 Å². The molecule has 0 unspecified atom stereocenters. The average Bonchev–Trinajstić information content (AvgIpc) is 2.92. The SMILES string of the molecule is C[C@@H](c1ncc2c(C(N)=O)c[nH]c2n1)c1cccc(F)c1F. The molecule has 1 aromatic carbocycles. The van der Waals surface area contributed by atoms with Gasteiger partial charge < -0.3 is 10.7 Å². The molecule has 1 amide bonds. The Kier molecular flexibility index (Phi) is 3.32. The summed E-state index contributed by atoms with van der Waals surface area (Å²) in [5, 5.41) is 0.489. The van der Waals surface area contributed by atoms with E-state index in [2.05, 4.69) is 15.0 Å². The maximum atomic E-state index is 13.9. The molecule has 3 aromatic rings. The smallest absolute Gasteiger partial charge is 0.250 e. The zero-order valence-corrected chi connectivity index (χ0v) is 11.6. The van der Waals surface area contributed by atoms with E-state index in [-0.39, 0.29) is 11.1 Å². The molecular formula is C15H12F2N4O. The number of hydrogen-bond acceptors (Lipinski definition) is 3. The van der Waals surface area contributed by atoms with Crippen LogP contribution in [0.25, 0.3) is 11.0 Å². The fourth-order valence-corrected chi connectivity index (χ4v) is 2.33. The van der Waals surface area contributed by atoms with Crippen molar-refractivity contribution in [1.82, 2.24) is 15.0 Å². The van der Waals surface area contributed by atoms with E-state index in [0.29, 0.717) is 16.9 Å². The van der Waals surface area contributed by atoms with Gasteiger partial charge >= 0.3 is 0 Å². The molecule has 0 aliphatic carbocycles. The standard InChI is InChI=1S/C15H12F2N4O/c1-7(8-3-2-4-11(16)12(8)17)14-19-6-10-9(13(18)22)5-20-15(10)21-14/h2-7H,1H3,(H2,18,22)(H,19,20,21)/t7-/m1/s1. The van der Waals surface area contributed by atoms with Crippen LogP contribution in [0.4, 0.5) is 8.78 Å². The lowest BCUT2D eigenvalue weighted by Gasteiger charge is -2.11. The number of carbonyl (C=O) groups is 1. The molecule has 112 valence electrons. The second-order valence-corrected chi connectivity index (χ2v) is 4.92. The number of aromatic nitrogens is 3. The quantitative estimate of drug-likeness (QED) is 0.779. The third-order valence-corrected chi connectivity index (χ3v) is 3.55. The first-order chi connectivity index (χ1) is 10.5. The van der Waals surface area contributed by atoms with Crippen molar-refractivity contribution in [2.24, 2.45) is 5.73 Å². The second-order valence-electron chi connectivity index (χ2n) is 4.92. The highest BCUT2D eigenvalue weighted by molar-refractivity contribution is 6.04. The topological polar surface area (TPSA) is 84.7 Å². The van der Waals surface area contributed by atoms with Gasteiger partial charge in [-0.15, -0.1) is 0 Å². The first-order valence-corrected chi connectivity index (χ1v) is 6.56. The van der Waals surface area contributed by atoms with E-state index < -0.39 is 23.5 Å². The van der Waals surface area contributed by atoms with E-state index in [1.165, 1.54) is 24.5 Å². The van der Waals surface area contributed by atoms with Crippen molar-refractivity contribution < 1.29 is 13.6 Å². The Morgan fingerprint density at radius 3 is 2.86 bits per heavy atom. The number of halogens is 2. The van der Waals surface area contributed by atoms with Crippen LogP contribution in [-0.2, 0) is 0 Å². The lowest BCUT2D eigenvalue weighted by Crippen LogP contribution is -2.10. The largest absolute Gasteiger partial charge is 0.366 e. The van der Waals surface area contributed by atoms with Crippen LogP contribution in [0.1, 0.15) is 34.6 Å². The van der Waals surface area contributed by atoms with Gasteiger partial charge in [0.2, 0.25) is 0 Å². The highest BCUT2D eigenvalue weighted by Gasteiger charge is 2.19. The molecule has 2 heterocycles. The fraction of sp³-hybridized carbons (Fsp3) is 0.133. The normalized spacial score (nSPS) is 12.5. The summed E-state index contributed by atoms with van der Waals surface area (Å²) in [5.41, 5.74) is 6.11. The number of fused-ring (bicyclic) bond motifs is 1. The Labute approximate surface area is 124 Å². The maximum Gasteiger partial charge on any atom is 0.250 e. The summed E-state index contributed by atoms with van der Waals surface area (Å²) in [7, 11) is 0. The van der Waals surface area contributed by atoms with E-state index in [1.54, 1.807) is 6.92 Å². The molecule has 5 nitrogen and oxygen atoms in total. The summed E-state index contributed by atoms with van der Waals surface area (Å²) in [6, 6.07) is 3.97. The number of nitrogens with one attached hydrogen (secondary N) is 1. The molecule has 0 fully saturated rings. The summed E-state index contributed by atoms with van der Waals surface area (Å²) < 4.78 is 27.2. The third-order valence-electron chi connectivity index (χ3n) is 3.55. The minimum Gasteiger partial charge on any atom is -0.366 e. The number of nitrogens with zero attached hydrogens (tertiary/aromatic N) is 2. The van der Waals surface area contributed by atoms with Crippen LogP contribution in [0.2, 0.25) is 0 Å². The van der Waals surface area contributed by atoms with Crippen LogP contribution in [0.15, 0.2) is 30.6 Å². The predicted octanol–water partition coefficient (Wildman–Crippen LogP) is 2.49. The average molecular weight is 302 g/mol. The summed E-state index contributed by atoms with van der Waals surface area (Å²) >= 11 is 0. The molecule has 1 atom stereocenters. The molecule has 0 aliphatic heterocycles. The van der Waals surface area contributed by atoms with Crippen molar-refractivity contribution in [3.63, 3.8) is 0 Å². The zero-order chi connectivity index (χ0) is 15.9. The van der Waals surface area contributed by atoms with Crippen molar-refractivity contribution >= 4 is 16.9 Å². The molecule has 0 saturated heterocycles. The first kappa shape index (κ1) is 14.1. The van der Waals surface area contributed by atoms with Crippen molar-refractivity contribution in [2.75, 3.05) is 0 Å². The minimum atomic E-state index is -0.915. The van der Waals surface area contributed by atoms with Gasteiger partial charge in [-0.2, -0.15) is 0 Å². The van der Waals surface area contributed by atoms with E-state index in [0.717, 1.165) is 6.07 Å². The van der Waals surface area contributed by atoms with Gasteiger partial charge in [0.05, 0.1) is 5.56 Å². The van der Waals surface area contributed by atoms with Gasteiger partial charge in [0.25, 0.3) is 5.91 Å². The van der Waals surface area contributed by atoms with Crippen molar-refractivity contribution in [3.8, 4) is 0 Å². The van der Waals surface area contributed by atoms with Gasteiger partial charge in [0, 0.05) is 29.3 Å². The number of hydrogen-bond donors (Lipinski definition) is 2. The number of benzene rings is 1. The van der Waals surface area contributed by atoms with Crippen LogP contribution in [-0.4, -0.2) is 20.9 Å². The first-order valence-electron chi connectivity index (χ1n) is 6.56. The lowest BCUT2D eigenvalue weighted by molar-refractivity contribution is 0.100. The van der Waals surface area contributed by atoms with Crippen LogP contribution in [0.3, 0.4) is 0 Å². The molecule has 0 radical (unpaired) electrons. The Bertz CT molecular complexity index is 875. The highest BCUT2D eigenvalue weighted by Crippen LogP contribution is 2.26. The highest BCUT2D eigenvalue weighted by atomic mass is 19.2. The lowest BCUT2D eigenvalue weighted by atomic mass is 9.99. The number of H-pyrrole nitrogens is 1. The number of rotatable bonds is 3. The van der Waals surface area contributed by atoms with Gasteiger partial charge in [-0.1, -0.05) is 19.1 Å². The monoisotopic (exact) mass is 302 g/mol. The molecule has 7 heteroatoms. The Morgan fingerprint density at radius 2 is 2.14 bits per heavy atom. The van der Waals surface area contributed by atoms with Crippen LogP contribution >= 0.6 is 0 Å². The number of nitrogens with two attached hydrogens (primary N) is 1. The molecule has 3 rings (SSSR count). The summed E-state index contributed by atoms with van der Waals surface area (Å²) in [4.78, 5) is 22.5. The molecule has 0 aliphatic rings. The molecule has 0 saturated carbocycles. The summed E-state index contributed by atoms with van der Waals surface area (Å²) in [6.07, 6.45) is 2.89. The van der Waals surface area contributed by atoms with E-state index in [9.17, 15) is 13.6 Å². The van der Waals surface area contributed by atoms with Crippen LogP contribution < -0.4 is 5.73 Å². The molecule has 3 N–H and O–H groups in total. The molecule has 2 aromatic heterocycles. The van der Waals surface area contributed by atoms with E-state index >= 15 is 0 Å². The van der Waals surface area contributed by atoms with Crippen molar-refractivity contribution in [2.45, 2.75) is 12.8 Å². The van der Waals surface area contributed by atoms with Gasteiger partial charge in [0.15, 0.2) is 11.6 Å². The predicted molar refractivity (Wildman–Crippen MR) is 76.3 cm³/mol. The van der Waals surface area contributed by atoms with Crippen molar-refractivity contribution in [1.29, 1.82) is 0 Å². The summed E-state index contributed by atoms with van der Waals surface area (Å²) in [5.74, 6) is -2.65. The Morgan fingerprint density at radius 1 is 1.36 bits per heavy atom. The zero-order valence-electron chi connectivity index (χ0n) is 11.6. The van der Waals surface area contributed by atoms with Crippen LogP contribution in [0.5, 0.6) is 0 Å². The molecule has 0 bridgehead atoms. The number of primary amides is 1. The van der Waals surface area contributed by atoms with Crippen LogP contribution in [0, 0.1) is 11.6 Å². The Balaban J connectivity index is 2.06. The minimum absolute atomic E-state index is 0.168. The third kappa shape index (κ3) is 2.20. The summed E-state index contributed by atoms with van der Waals surface area (Å²) in [6.45, 7) is 1.68. The maximum absolute atomic E-state index is 13.9. The van der Waals surface area contributed by atoms with Gasteiger partial charge in [-0.05, 0) is 6.07 Å². The molecule has 0 spiro atoms. The second kappa shape index (κ2) is 5.18. The Hall–Kier alpha value is -2.83. The van der Waals surface area contributed by atoms with E-state index in [4.69, 9.17) is 5.73 Å². The number of amides is 1. The van der Waals surface area contributed by atoms with E-state index in [1.807, 2.05) is 0 Å². The fourth-order valence-electron chi connectivity index (χ4n) is 2.33. The van der Waals surface area contributed by atoms with Crippen molar-refractivity contribution in [3.05, 3.63) is 59.2 Å². The van der Waals surface area contributed by atoms with Gasteiger partial charge in [-0.3, -0.25) is 4.79 Å². The van der Waals surface area contributed by atoms with Gasteiger partial charge in [0.1, 0.15) is 11.5 Å². The number of aromatic amines is 1. The molecular weight excluding hydrogens is 290 g/mol. The number of carbonyl (C=O) groups excluding carboxylic acids is 1.